The van der Waals surface area contributed by atoms with Gasteiger partial charge in [-0.3, -0.25) is 4.79 Å². The predicted octanol–water partition coefficient (Wildman–Crippen LogP) is 3.37. The molecule has 0 aliphatic heterocycles. The number of carbonyl (C=O) groups is 2. The van der Waals surface area contributed by atoms with E-state index in [1.54, 1.807) is 38.3 Å². The fourth-order valence-electron chi connectivity index (χ4n) is 2.46. The molecule has 0 heterocycles. The normalized spacial score (nSPS) is 12.6. The first-order valence-electron chi connectivity index (χ1n) is 7.89. The molecule has 0 spiro atoms. The second-order valence-corrected chi connectivity index (χ2v) is 5.53. The fraction of sp³-hybridized carbons (Fsp3) is 0.263. The number of hydrogen-bond acceptors (Lipinski definition) is 4. The Hall–Kier alpha value is -3.02. The van der Waals surface area contributed by atoms with Gasteiger partial charge in [-0.05, 0) is 36.8 Å². The summed E-state index contributed by atoms with van der Waals surface area (Å²) in [6.45, 7) is 1.72. The van der Waals surface area contributed by atoms with Crippen LogP contribution in [-0.2, 0) is 9.53 Å². The van der Waals surface area contributed by atoms with E-state index in [2.05, 4.69) is 10.6 Å². The second kappa shape index (κ2) is 8.73. The highest BCUT2D eigenvalue weighted by Crippen LogP contribution is 2.23. The first-order valence-corrected chi connectivity index (χ1v) is 7.89. The molecular weight excluding hydrogens is 320 g/mol. The van der Waals surface area contributed by atoms with Crippen molar-refractivity contribution in [2.45, 2.75) is 13.0 Å². The molecule has 2 atom stereocenters. The van der Waals surface area contributed by atoms with E-state index in [9.17, 15) is 9.59 Å². The molecule has 2 aromatic carbocycles. The number of nitrogens with one attached hydrogen (secondary N) is 2. The largest absolute Gasteiger partial charge is 0.497 e. The number of anilines is 1. The third kappa shape index (κ3) is 4.97. The quantitative estimate of drug-likeness (QED) is 0.789. The van der Waals surface area contributed by atoms with Crippen LogP contribution in [0.3, 0.4) is 0 Å². The molecule has 2 amide bonds. The maximum absolute atomic E-state index is 12.4. The van der Waals surface area contributed by atoms with Gasteiger partial charge in [0.1, 0.15) is 5.75 Å². The summed E-state index contributed by atoms with van der Waals surface area (Å²) < 4.78 is 9.90. The molecule has 0 aromatic heterocycles. The van der Waals surface area contributed by atoms with Gasteiger partial charge in [-0.2, -0.15) is 0 Å². The van der Waals surface area contributed by atoms with Gasteiger partial charge in [0.2, 0.25) is 0 Å². The zero-order valence-electron chi connectivity index (χ0n) is 14.5. The smallest absolute Gasteiger partial charge is 0.319 e. The molecular formula is C19H22N2O4. The van der Waals surface area contributed by atoms with Crippen LogP contribution < -0.4 is 15.4 Å². The molecule has 2 N–H and O–H groups in total. The Bertz CT molecular complexity index is 701. The van der Waals surface area contributed by atoms with Crippen LogP contribution >= 0.6 is 0 Å². The van der Waals surface area contributed by atoms with E-state index in [0.29, 0.717) is 11.4 Å². The van der Waals surface area contributed by atoms with Gasteiger partial charge in [0, 0.05) is 5.69 Å². The average molecular weight is 342 g/mol. The van der Waals surface area contributed by atoms with E-state index in [0.717, 1.165) is 5.56 Å². The number of ether oxygens (including phenoxy) is 2. The van der Waals surface area contributed by atoms with Gasteiger partial charge in [0.05, 0.1) is 26.2 Å². The summed E-state index contributed by atoms with van der Waals surface area (Å²) in [5.41, 5.74) is 1.45. The van der Waals surface area contributed by atoms with Gasteiger partial charge in [-0.1, -0.05) is 30.3 Å². The molecule has 2 aromatic rings. The van der Waals surface area contributed by atoms with Crippen molar-refractivity contribution >= 4 is 17.7 Å². The van der Waals surface area contributed by atoms with E-state index in [4.69, 9.17) is 9.47 Å². The van der Waals surface area contributed by atoms with E-state index >= 15 is 0 Å². The van der Waals surface area contributed by atoms with Crippen molar-refractivity contribution in [3.63, 3.8) is 0 Å². The minimum absolute atomic E-state index is 0.390. The Morgan fingerprint density at radius 2 is 1.60 bits per heavy atom. The van der Waals surface area contributed by atoms with Gasteiger partial charge in [0.15, 0.2) is 0 Å². The summed E-state index contributed by atoms with van der Waals surface area (Å²) in [6.07, 6.45) is 0. The lowest BCUT2D eigenvalue weighted by Gasteiger charge is -2.24. The van der Waals surface area contributed by atoms with Crippen LogP contribution in [0, 0.1) is 5.92 Å². The lowest BCUT2D eigenvalue weighted by Crippen LogP contribution is -2.38. The SMILES string of the molecule is COC(=O)[C@@H](C)[C@H](NC(=O)Nc1ccc(OC)cc1)c1ccccc1. The van der Waals surface area contributed by atoms with Gasteiger partial charge in [-0.25, -0.2) is 4.79 Å². The molecule has 2 rings (SSSR count). The average Bonchev–Trinajstić information content (AvgIpc) is 2.66. The fourth-order valence-corrected chi connectivity index (χ4v) is 2.46. The van der Waals surface area contributed by atoms with Crippen molar-refractivity contribution in [2.75, 3.05) is 19.5 Å². The predicted molar refractivity (Wildman–Crippen MR) is 95.5 cm³/mol. The van der Waals surface area contributed by atoms with Gasteiger partial charge in [-0.15, -0.1) is 0 Å². The summed E-state index contributed by atoms with van der Waals surface area (Å²) in [5, 5.41) is 5.59. The topological polar surface area (TPSA) is 76.7 Å². The first kappa shape index (κ1) is 18.3. The van der Waals surface area contributed by atoms with Crippen LogP contribution in [0.2, 0.25) is 0 Å². The maximum atomic E-state index is 12.4. The molecule has 0 aliphatic carbocycles. The highest BCUT2D eigenvalue weighted by atomic mass is 16.5. The van der Waals surface area contributed by atoms with E-state index in [-0.39, 0.29) is 0 Å². The lowest BCUT2D eigenvalue weighted by molar-refractivity contribution is -0.145. The molecule has 0 unspecified atom stereocenters. The Kier molecular flexibility index (Phi) is 6.39. The molecule has 0 fully saturated rings. The molecule has 25 heavy (non-hydrogen) atoms. The maximum Gasteiger partial charge on any atom is 0.319 e. The molecule has 6 heteroatoms. The minimum Gasteiger partial charge on any atom is -0.497 e. The van der Waals surface area contributed by atoms with Crippen molar-refractivity contribution in [1.29, 1.82) is 0 Å². The number of urea groups is 1. The van der Waals surface area contributed by atoms with Crippen LogP contribution in [0.25, 0.3) is 0 Å². The molecule has 0 bridgehead atoms. The number of benzene rings is 2. The number of esters is 1. The molecule has 0 radical (unpaired) electrons. The molecule has 6 nitrogen and oxygen atoms in total. The van der Waals surface area contributed by atoms with Gasteiger partial charge < -0.3 is 20.1 Å². The third-order valence-corrected chi connectivity index (χ3v) is 3.87. The summed E-state index contributed by atoms with van der Waals surface area (Å²) in [7, 11) is 2.91. The first-order chi connectivity index (χ1) is 12.0. The Morgan fingerprint density at radius 3 is 2.16 bits per heavy atom. The van der Waals surface area contributed by atoms with E-state index in [1.807, 2.05) is 30.3 Å². The monoisotopic (exact) mass is 342 g/mol. The second-order valence-electron chi connectivity index (χ2n) is 5.53. The van der Waals surface area contributed by atoms with Gasteiger partial charge in [0.25, 0.3) is 0 Å². The number of carbonyl (C=O) groups excluding carboxylic acids is 2. The summed E-state index contributed by atoms with van der Waals surface area (Å²) in [6, 6.07) is 15.4. The van der Waals surface area contributed by atoms with Gasteiger partial charge >= 0.3 is 12.0 Å². The third-order valence-electron chi connectivity index (χ3n) is 3.87. The summed E-state index contributed by atoms with van der Waals surface area (Å²) in [5.74, 6) is -0.222. The Balaban J connectivity index is 2.12. The summed E-state index contributed by atoms with van der Waals surface area (Å²) in [4.78, 5) is 24.3. The van der Waals surface area contributed by atoms with Crippen molar-refractivity contribution < 1.29 is 19.1 Å². The molecule has 0 saturated heterocycles. The standard InChI is InChI=1S/C19H22N2O4/c1-13(18(22)25-3)17(14-7-5-4-6-8-14)21-19(23)20-15-9-11-16(24-2)12-10-15/h4-13,17H,1-3H3,(H2,20,21,23)/t13-,17-/m0/s1. The zero-order chi connectivity index (χ0) is 18.2. The molecule has 0 aliphatic rings. The van der Waals surface area contributed by atoms with Crippen molar-refractivity contribution in [3.05, 3.63) is 60.2 Å². The summed E-state index contributed by atoms with van der Waals surface area (Å²) >= 11 is 0. The Morgan fingerprint density at radius 1 is 0.960 bits per heavy atom. The van der Waals surface area contributed by atoms with Crippen LogP contribution in [0.1, 0.15) is 18.5 Å². The van der Waals surface area contributed by atoms with Crippen LogP contribution in [0.5, 0.6) is 5.75 Å². The number of amides is 2. The zero-order valence-corrected chi connectivity index (χ0v) is 14.5. The number of hydrogen-bond donors (Lipinski definition) is 2. The van der Waals surface area contributed by atoms with E-state index in [1.165, 1.54) is 7.11 Å². The highest BCUT2D eigenvalue weighted by molar-refractivity contribution is 5.90. The van der Waals surface area contributed by atoms with Crippen molar-refractivity contribution in [1.82, 2.24) is 5.32 Å². The van der Waals surface area contributed by atoms with E-state index < -0.39 is 24.0 Å². The van der Waals surface area contributed by atoms with Crippen LogP contribution in [0.4, 0.5) is 10.5 Å². The van der Waals surface area contributed by atoms with Crippen molar-refractivity contribution in [2.24, 2.45) is 5.92 Å². The number of methoxy groups -OCH3 is 2. The molecule has 0 saturated carbocycles. The van der Waals surface area contributed by atoms with Crippen LogP contribution in [-0.4, -0.2) is 26.2 Å². The Labute approximate surface area is 147 Å². The lowest BCUT2D eigenvalue weighted by atomic mass is 9.94. The number of rotatable bonds is 6. The highest BCUT2D eigenvalue weighted by Gasteiger charge is 2.27. The molecule has 132 valence electrons. The van der Waals surface area contributed by atoms with Crippen molar-refractivity contribution in [3.8, 4) is 5.75 Å². The van der Waals surface area contributed by atoms with Crippen LogP contribution in [0.15, 0.2) is 54.6 Å². The minimum atomic E-state index is -0.533.